The maximum absolute atomic E-state index is 12.2. The minimum atomic E-state index is -5.74. The average molecular weight is 326 g/mol. The number of hydrogen-bond acceptors (Lipinski definition) is 4. The Morgan fingerprint density at radius 3 is 2.48 bits per heavy atom. The number of aliphatic carboxylic acids is 1. The maximum Gasteiger partial charge on any atom is 0.534 e. The highest BCUT2D eigenvalue weighted by molar-refractivity contribution is 7.87. The minimum Gasteiger partial charge on any atom is -0.481 e. The summed E-state index contributed by atoms with van der Waals surface area (Å²) in [6, 6.07) is 4.96. The van der Waals surface area contributed by atoms with Crippen LogP contribution in [0.1, 0.15) is 31.2 Å². The average Bonchev–Trinajstić information content (AvgIpc) is 2.34. The van der Waals surface area contributed by atoms with E-state index in [0.29, 0.717) is 12.0 Å². The fraction of sp³-hybridized carbons (Fsp3) is 0.417. The van der Waals surface area contributed by atoms with Gasteiger partial charge in [0.05, 0.1) is 6.42 Å². The van der Waals surface area contributed by atoms with Crippen LogP contribution in [0.5, 0.6) is 5.75 Å². The van der Waals surface area contributed by atoms with Gasteiger partial charge in [0.2, 0.25) is 0 Å². The van der Waals surface area contributed by atoms with E-state index < -0.39 is 33.3 Å². The monoisotopic (exact) mass is 326 g/mol. The molecule has 0 aliphatic heterocycles. The molecule has 0 aromatic heterocycles. The summed E-state index contributed by atoms with van der Waals surface area (Å²) >= 11 is 0. The topological polar surface area (TPSA) is 80.7 Å². The zero-order valence-corrected chi connectivity index (χ0v) is 11.7. The second kappa shape index (κ2) is 6.33. The lowest BCUT2D eigenvalue weighted by Gasteiger charge is -2.15. The van der Waals surface area contributed by atoms with Crippen LogP contribution < -0.4 is 4.18 Å². The van der Waals surface area contributed by atoms with E-state index in [2.05, 4.69) is 4.18 Å². The summed E-state index contributed by atoms with van der Waals surface area (Å²) in [6.45, 7) is 1.72. The van der Waals surface area contributed by atoms with Gasteiger partial charge in [0.1, 0.15) is 5.75 Å². The smallest absolute Gasteiger partial charge is 0.481 e. The molecular formula is C12H13F3O5S. The molecule has 0 aliphatic carbocycles. The van der Waals surface area contributed by atoms with Crippen molar-refractivity contribution in [1.82, 2.24) is 0 Å². The molecular weight excluding hydrogens is 313 g/mol. The first kappa shape index (κ1) is 17.3. The summed E-state index contributed by atoms with van der Waals surface area (Å²) in [5, 5.41) is 8.76. The van der Waals surface area contributed by atoms with Crippen molar-refractivity contribution in [2.45, 2.75) is 31.2 Å². The fourth-order valence-corrected chi connectivity index (χ4v) is 2.15. The number of carboxylic acid groups (broad SMARTS) is 1. The Bertz CT molecular complexity index is 610. The quantitative estimate of drug-likeness (QED) is 0.642. The maximum atomic E-state index is 12.2. The molecule has 0 aliphatic rings. The van der Waals surface area contributed by atoms with Crippen molar-refractivity contribution in [1.29, 1.82) is 0 Å². The number of hydrogen-bond donors (Lipinski definition) is 1. The van der Waals surface area contributed by atoms with E-state index in [9.17, 15) is 26.4 Å². The molecule has 1 N–H and O–H groups in total. The molecule has 0 spiro atoms. The lowest BCUT2D eigenvalue weighted by Crippen LogP contribution is -2.28. The van der Waals surface area contributed by atoms with Gasteiger partial charge in [0.25, 0.3) is 0 Å². The molecule has 0 radical (unpaired) electrons. The number of benzene rings is 1. The molecule has 21 heavy (non-hydrogen) atoms. The summed E-state index contributed by atoms with van der Waals surface area (Å²) in [6.07, 6.45) is 0.216. The highest BCUT2D eigenvalue weighted by atomic mass is 32.2. The first-order chi connectivity index (χ1) is 9.56. The van der Waals surface area contributed by atoms with Crippen LogP contribution in [0.25, 0.3) is 0 Å². The Kier molecular flexibility index (Phi) is 5.21. The van der Waals surface area contributed by atoms with Gasteiger partial charge in [-0.1, -0.05) is 19.1 Å². The molecule has 5 nitrogen and oxygen atoms in total. The molecule has 0 fully saturated rings. The fourth-order valence-electron chi connectivity index (χ4n) is 1.70. The van der Waals surface area contributed by atoms with Crippen LogP contribution in [0.4, 0.5) is 13.2 Å². The van der Waals surface area contributed by atoms with Gasteiger partial charge in [-0.25, -0.2) is 0 Å². The van der Waals surface area contributed by atoms with Gasteiger partial charge >= 0.3 is 21.6 Å². The van der Waals surface area contributed by atoms with Crippen molar-refractivity contribution in [3.63, 3.8) is 0 Å². The zero-order valence-electron chi connectivity index (χ0n) is 10.9. The Morgan fingerprint density at radius 2 is 2.00 bits per heavy atom. The van der Waals surface area contributed by atoms with Crippen molar-refractivity contribution >= 4 is 16.1 Å². The third-order valence-electron chi connectivity index (χ3n) is 2.73. The SMILES string of the molecule is CC[C@H](CC(=O)O)c1cccc(OS(=O)(=O)C(F)(F)F)c1. The first-order valence-corrected chi connectivity index (χ1v) is 7.30. The number of carbonyl (C=O) groups is 1. The summed E-state index contributed by atoms with van der Waals surface area (Å²) in [5.74, 6) is -2.01. The second-order valence-electron chi connectivity index (χ2n) is 4.26. The van der Waals surface area contributed by atoms with E-state index in [1.54, 1.807) is 6.92 Å². The first-order valence-electron chi connectivity index (χ1n) is 5.89. The van der Waals surface area contributed by atoms with Crippen LogP contribution >= 0.6 is 0 Å². The second-order valence-corrected chi connectivity index (χ2v) is 5.80. The molecule has 0 saturated heterocycles. The van der Waals surface area contributed by atoms with E-state index in [-0.39, 0.29) is 6.42 Å². The molecule has 118 valence electrons. The standard InChI is InChI=1S/C12H13F3O5S/c1-2-8(7-11(16)17)9-4-3-5-10(6-9)20-21(18,19)12(13,14)15/h3-6,8H,2,7H2,1H3,(H,16,17)/t8-/m1/s1. The van der Waals surface area contributed by atoms with Gasteiger partial charge in [-0.2, -0.15) is 21.6 Å². The van der Waals surface area contributed by atoms with E-state index >= 15 is 0 Å². The molecule has 0 unspecified atom stereocenters. The molecule has 9 heteroatoms. The highest BCUT2D eigenvalue weighted by Gasteiger charge is 2.48. The molecule has 0 bridgehead atoms. The van der Waals surface area contributed by atoms with E-state index in [0.717, 1.165) is 12.1 Å². The predicted octanol–water partition coefficient (Wildman–Crippen LogP) is 2.88. The number of alkyl halides is 3. The van der Waals surface area contributed by atoms with Crippen LogP contribution in [0.3, 0.4) is 0 Å². The molecule has 1 rings (SSSR count). The van der Waals surface area contributed by atoms with E-state index in [1.807, 2.05) is 0 Å². The van der Waals surface area contributed by atoms with Crippen LogP contribution in [-0.2, 0) is 14.9 Å². The number of halogens is 3. The lowest BCUT2D eigenvalue weighted by molar-refractivity contribution is -0.137. The third-order valence-corrected chi connectivity index (χ3v) is 3.71. The molecule has 1 atom stereocenters. The van der Waals surface area contributed by atoms with Crippen molar-refractivity contribution in [3.05, 3.63) is 29.8 Å². The highest BCUT2D eigenvalue weighted by Crippen LogP contribution is 2.30. The van der Waals surface area contributed by atoms with Gasteiger partial charge in [0.15, 0.2) is 0 Å². The molecule has 1 aromatic carbocycles. The van der Waals surface area contributed by atoms with Crippen LogP contribution in [0.2, 0.25) is 0 Å². The summed E-state index contributed by atoms with van der Waals surface area (Å²) < 4.78 is 62.5. The van der Waals surface area contributed by atoms with Crippen molar-refractivity contribution in [2.75, 3.05) is 0 Å². The molecule has 0 heterocycles. The van der Waals surface area contributed by atoms with Crippen molar-refractivity contribution in [3.8, 4) is 5.75 Å². The summed E-state index contributed by atoms with van der Waals surface area (Å²) in [5.41, 5.74) is -5.12. The Morgan fingerprint density at radius 1 is 1.38 bits per heavy atom. The normalized spacial score (nSPS) is 13.7. The van der Waals surface area contributed by atoms with Crippen molar-refractivity contribution < 1.29 is 35.7 Å². The van der Waals surface area contributed by atoms with Gasteiger partial charge in [-0.15, -0.1) is 0 Å². The number of rotatable bonds is 6. The Hall–Kier alpha value is -1.77. The minimum absolute atomic E-state index is 0.216. The third kappa shape index (κ3) is 4.62. The van der Waals surface area contributed by atoms with Gasteiger partial charge in [-0.05, 0) is 30.0 Å². The lowest BCUT2D eigenvalue weighted by atomic mass is 9.93. The van der Waals surface area contributed by atoms with Crippen LogP contribution in [0.15, 0.2) is 24.3 Å². The van der Waals surface area contributed by atoms with E-state index in [4.69, 9.17) is 5.11 Å². The van der Waals surface area contributed by atoms with E-state index in [1.165, 1.54) is 12.1 Å². The van der Waals surface area contributed by atoms with Gasteiger partial charge in [0, 0.05) is 0 Å². The molecule has 0 amide bonds. The van der Waals surface area contributed by atoms with Crippen molar-refractivity contribution in [2.24, 2.45) is 0 Å². The van der Waals surface area contributed by atoms with Gasteiger partial charge in [-0.3, -0.25) is 4.79 Å². The van der Waals surface area contributed by atoms with Crippen LogP contribution in [0, 0.1) is 0 Å². The Labute approximate surface area is 119 Å². The predicted molar refractivity (Wildman–Crippen MR) is 67.3 cm³/mol. The largest absolute Gasteiger partial charge is 0.534 e. The number of carboxylic acids is 1. The summed E-state index contributed by atoms with van der Waals surface area (Å²) in [4.78, 5) is 10.7. The molecule has 0 saturated carbocycles. The molecule has 1 aromatic rings. The van der Waals surface area contributed by atoms with Gasteiger partial charge < -0.3 is 9.29 Å². The Balaban J connectivity index is 3.03. The summed E-state index contributed by atoms with van der Waals surface area (Å²) in [7, 11) is -5.74. The van der Waals surface area contributed by atoms with Crippen LogP contribution in [-0.4, -0.2) is 25.0 Å². The zero-order chi connectivity index (χ0) is 16.3.